The number of amides is 3. The molecular formula is C50H66N4O11Si. The Morgan fingerprint density at radius 2 is 1.44 bits per heavy atom. The number of hydrogen-bond acceptors (Lipinski definition) is 12. The van der Waals surface area contributed by atoms with E-state index in [1.807, 2.05) is 19.9 Å². The van der Waals surface area contributed by atoms with E-state index in [1.165, 1.54) is 20.3 Å². The van der Waals surface area contributed by atoms with Gasteiger partial charge in [-0.2, -0.15) is 0 Å². The van der Waals surface area contributed by atoms with Gasteiger partial charge < -0.3 is 48.4 Å². The average Bonchev–Trinajstić information content (AvgIpc) is 3.86. The fourth-order valence-electron chi connectivity index (χ4n) is 7.51. The van der Waals surface area contributed by atoms with Crippen LogP contribution in [0.15, 0.2) is 79.4 Å². The normalized spacial score (nSPS) is 16.2. The summed E-state index contributed by atoms with van der Waals surface area (Å²) in [7, 11) is 0.632. The van der Waals surface area contributed by atoms with Gasteiger partial charge in [-0.1, -0.05) is 64.7 Å². The second kappa shape index (κ2) is 21.8. The molecule has 0 aromatic heterocycles. The van der Waals surface area contributed by atoms with Gasteiger partial charge in [0.25, 0.3) is 11.8 Å². The third kappa shape index (κ3) is 12.5. The van der Waals surface area contributed by atoms with E-state index in [2.05, 4.69) is 58.9 Å². The summed E-state index contributed by atoms with van der Waals surface area (Å²) in [6, 6.07) is 11.5. The summed E-state index contributed by atoms with van der Waals surface area (Å²) in [6.07, 6.45) is 2.81. The van der Waals surface area contributed by atoms with Crippen LogP contribution < -0.4 is 30.0 Å². The van der Waals surface area contributed by atoms with Crippen molar-refractivity contribution in [3.05, 3.63) is 107 Å². The predicted molar refractivity (Wildman–Crippen MR) is 257 cm³/mol. The van der Waals surface area contributed by atoms with Crippen LogP contribution in [0.4, 0.5) is 16.2 Å². The molecule has 3 aromatic carbocycles. The van der Waals surface area contributed by atoms with E-state index in [0.717, 1.165) is 24.0 Å². The van der Waals surface area contributed by atoms with E-state index < -0.39 is 20.4 Å². The highest BCUT2D eigenvalue weighted by molar-refractivity contribution is 6.74. The number of carbonyl (C=O) groups excluding carboxylic acids is 4. The number of esters is 1. The summed E-state index contributed by atoms with van der Waals surface area (Å²) in [5.41, 5.74) is 11.3. The van der Waals surface area contributed by atoms with Crippen LogP contribution in [-0.4, -0.2) is 101 Å². The molecule has 0 aliphatic carbocycles. The lowest BCUT2D eigenvalue weighted by Gasteiger charge is -2.38. The molecule has 0 spiro atoms. The van der Waals surface area contributed by atoms with Crippen molar-refractivity contribution in [1.29, 1.82) is 0 Å². The summed E-state index contributed by atoms with van der Waals surface area (Å²) >= 11 is 0. The molecule has 2 fully saturated rings. The van der Waals surface area contributed by atoms with Gasteiger partial charge in [0, 0.05) is 37.0 Å². The topological polar surface area (TPSA) is 177 Å². The number of benzene rings is 3. The van der Waals surface area contributed by atoms with Crippen molar-refractivity contribution in [1.82, 2.24) is 9.80 Å². The van der Waals surface area contributed by atoms with Crippen LogP contribution in [0.1, 0.15) is 84.4 Å². The van der Waals surface area contributed by atoms with E-state index in [1.54, 1.807) is 46.2 Å². The van der Waals surface area contributed by atoms with Crippen molar-refractivity contribution in [2.45, 2.75) is 97.3 Å². The smallest absolute Gasteiger partial charge is 0.411 e. The Labute approximate surface area is 389 Å². The molecule has 3 aromatic rings. The molecule has 2 aliphatic heterocycles. The minimum atomic E-state index is -2.12. The molecule has 5 rings (SSSR count). The number of nitrogens with zero attached hydrogens (tertiary/aromatic N) is 2. The van der Waals surface area contributed by atoms with Gasteiger partial charge >= 0.3 is 12.1 Å². The monoisotopic (exact) mass is 926 g/mol. The number of anilines is 2. The van der Waals surface area contributed by atoms with Gasteiger partial charge in [0.2, 0.25) is 0 Å². The lowest BCUT2D eigenvalue weighted by molar-refractivity contribution is -0.142. The van der Waals surface area contributed by atoms with Crippen molar-refractivity contribution >= 4 is 43.6 Å². The molecule has 2 heterocycles. The number of nitrogen functional groups attached to an aromatic ring is 1. The van der Waals surface area contributed by atoms with Crippen LogP contribution in [-0.2, 0) is 31.9 Å². The van der Waals surface area contributed by atoms with Crippen LogP contribution in [0.25, 0.3) is 0 Å². The van der Waals surface area contributed by atoms with Gasteiger partial charge in [0.05, 0.1) is 43.7 Å². The second-order valence-corrected chi connectivity index (χ2v) is 23.1. The third-order valence-corrected chi connectivity index (χ3v) is 16.7. The molecule has 16 heteroatoms. The zero-order valence-corrected chi connectivity index (χ0v) is 40.9. The number of nitrogens with one attached hydrogen (secondary N) is 1. The van der Waals surface area contributed by atoms with E-state index in [0.29, 0.717) is 71.4 Å². The number of hydrogen-bond donors (Lipinski definition) is 2. The molecular weight excluding hydrogens is 861 g/mol. The highest BCUT2D eigenvalue weighted by Gasteiger charge is 2.40. The largest absolute Gasteiger partial charge is 0.493 e. The maximum absolute atomic E-state index is 14.4. The highest BCUT2D eigenvalue weighted by atomic mass is 28.4. The number of ether oxygens (including phenoxy) is 6. The Kier molecular flexibility index (Phi) is 16.8. The molecule has 0 unspecified atom stereocenters. The van der Waals surface area contributed by atoms with Gasteiger partial charge in [-0.15, -0.1) is 0 Å². The molecule has 0 radical (unpaired) electrons. The van der Waals surface area contributed by atoms with Gasteiger partial charge in [-0.05, 0) is 91.3 Å². The zero-order chi connectivity index (χ0) is 48.5. The van der Waals surface area contributed by atoms with Gasteiger partial charge in [0.15, 0.2) is 26.4 Å². The van der Waals surface area contributed by atoms with Crippen LogP contribution in [0.2, 0.25) is 18.1 Å². The first-order chi connectivity index (χ1) is 31.2. The van der Waals surface area contributed by atoms with Crippen LogP contribution >= 0.6 is 0 Å². The average molecular weight is 927 g/mol. The van der Waals surface area contributed by atoms with Crippen molar-refractivity contribution in [2.75, 3.05) is 58.2 Å². The number of aryl methyl sites for hydroxylation is 1. The standard InChI is InChI=1S/C50H66N4O11Si/c1-13-15-61-49(58)52-42-24-43(33(5)18-40(42)48(57)54-26-32(4)17-37(54)29-65-66(11,12)50(6,7)8)63-27-34-19-35(21-38(20-34)62-30-46(55)60-10)28-64-45-23-41(51)39(22-44(45)59-9)47(56)53-25-31(3)16-36(53)14-2/h13,18-24,36-37H,1,3-4,14-17,25-30,51H2,2,5-12H3,(H,52,58)/t36-,37+/m1/s1. The highest BCUT2D eigenvalue weighted by Crippen LogP contribution is 2.39. The molecule has 66 heavy (non-hydrogen) atoms. The second-order valence-electron chi connectivity index (χ2n) is 18.3. The fraction of sp³-hybridized carbons (Fsp3) is 0.440. The van der Waals surface area contributed by atoms with Crippen molar-refractivity contribution in [3.63, 3.8) is 0 Å². The molecule has 3 amide bonds. The molecule has 2 aliphatic rings. The Balaban J connectivity index is 1.40. The Hall–Kier alpha value is -6.26. The summed E-state index contributed by atoms with van der Waals surface area (Å²) in [5, 5.41) is 2.73. The first kappa shape index (κ1) is 50.7. The molecule has 356 valence electrons. The Bertz CT molecular complexity index is 2340. The number of rotatable bonds is 19. The van der Waals surface area contributed by atoms with E-state index in [4.69, 9.17) is 38.6 Å². The lowest BCUT2D eigenvalue weighted by Crippen LogP contribution is -2.46. The van der Waals surface area contributed by atoms with Crippen molar-refractivity contribution in [3.8, 4) is 23.0 Å². The predicted octanol–water partition coefficient (Wildman–Crippen LogP) is 9.00. The van der Waals surface area contributed by atoms with Crippen LogP contribution in [0.3, 0.4) is 0 Å². The first-order valence-corrected chi connectivity index (χ1v) is 24.9. The number of likely N-dealkylation sites (tertiary alicyclic amines) is 2. The Morgan fingerprint density at radius 1 is 0.833 bits per heavy atom. The molecule has 0 bridgehead atoms. The zero-order valence-electron chi connectivity index (χ0n) is 39.9. The number of nitrogens with two attached hydrogens (primary N) is 1. The Morgan fingerprint density at radius 3 is 2.03 bits per heavy atom. The van der Waals surface area contributed by atoms with Crippen LogP contribution in [0.5, 0.6) is 23.0 Å². The van der Waals surface area contributed by atoms with Crippen LogP contribution in [0, 0.1) is 6.92 Å². The minimum Gasteiger partial charge on any atom is -0.493 e. The third-order valence-electron chi connectivity index (χ3n) is 12.2. The first-order valence-electron chi connectivity index (χ1n) is 22.0. The van der Waals surface area contributed by atoms with Gasteiger partial charge in [-0.25, -0.2) is 9.59 Å². The molecule has 0 saturated carbocycles. The summed E-state index contributed by atoms with van der Waals surface area (Å²) in [4.78, 5) is 56.6. The number of methoxy groups -OCH3 is 2. The fourth-order valence-corrected chi connectivity index (χ4v) is 8.56. The maximum Gasteiger partial charge on any atom is 0.411 e. The van der Waals surface area contributed by atoms with E-state index >= 15 is 0 Å². The summed E-state index contributed by atoms with van der Waals surface area (Å²) in [6.45, 7) is 27.4. The SMILES string of the molecule is C=CCOC(=O)Nc1cc(OCc2cc(COc3cc(N)c(C(=O)N4CC(=C)C[C@H]4CC)cc3OC)cc(OCC(=O)OC)c2)c(C)cc1C(=O)N1CC(=C)C[C@H]1CO[Si](C)(C)C(C)(C)C. The molecule has 2 atom stereocenters. The number of carbonyl (C=O) groups is 4. The summed E-state index contributed by atoms with van der Waals surface area (Å²) < 4.78 is 40.7. The molecule has 15 nitrogen and oxygen atoms in total. The summed E-state index contributed by atoms with van der Waals surface area (Å²) in [5.74, 6) is 0.281. The van der Waals surface area contributed by atoms with E-state index in [-0.39, 0.29) is 72.3 Å². The van der Waals surface area contributed by atoms with E-state index in [9.17, 15) is 19.2 Å². The molecule has 3 N–H and O–H groups in total. The van der Waals surface area contributed by atoms with Crippen molar-refractivity contribution < 1.29 is 52.0 Å². The van der Waals surface area contributed by atoms with Crippen molar-refractivity contribution in [2.24, 2.45) is 0 Å². The quantitative estimate of drug-likeness (QED) is 0.0506. The minimum absolute atomic E-state index is 0.00444. The van der Waals surface area contributed by atoms with Gasteiger partial charge in [-0.3, -0.25) is 14.9 Å². The maximum atomic E-state index is 14.4. The van der Waals surface area contributed by atoms with Gasteiger partial charge in [0.1, 0.15) is 31.3 Å². The molecule has 2 saturated heterocycles. The lowest BCUT2D eigenvalue weighted by atomic mass is 10.1.